The number of ether oxygens (including phenoxy) is 3. The topological polar surface area (TPSA) is 44.8 Å². The van der Waals surface area contributed by atoms with Crippen LogP contribution in [-0.2, 0) is 11.3 Å². The maximum atomic E-state index is 12.5. The lowest BCUT2D eigenvalue weighted by Crippen LogP contribution is -2.15. The molecular weight excluding hydrogens is 532 g/mol. The molecule has 0 heterocycles. The highest BCUT2D eigenvalue weighted by Crippen LogP contribution is 2.29. The standard InChI is InChI=1S/C39H56O4/c1-4-6-8-10-11-12-13-14-15-16-18-29-41-36-27-28-37-35(30-36)21-19-22-38(37)42-31-33-23-25-34(26-24-33)39(40)43-32(3)20-17-9-7-5-2/h19,21-28,30,32H,4-18,20,29,31H2,1-3H3/t32-/m1/s1. The minimum absolute atomic E-state index is 0.0609. The first-order chi connectivity index (χ1) is 21.1. The zero-order valence-corrected chi connectivity index (χ0v) is 27.2. The lowest BCUT2D eigenvalue weighted by molar-refractivity contribution is 0.0319. The summed E-state index contributed by atoms with van der Waals surface area (Å²) in [6.45, 7) is 7.65. The van der Waals surface area contributed by atoms with Gasteiger partial charge in [-0.3, -0.25) is 0 Å². The monoisotopic (exact) mass is 588 g/mol. The summed E-state index contributed by atoms with van der Waals surface area (Å²) < 4.78 is 17.9. The summed E-state index contributed by atoms with van der Waals surface area (Å²) in [7, 11) is 0. The average molecular weight is 589 g/mol. The third kappa shape index (κ3) is 13.4. The van der Waals surface area contributed by atoms with Crippen molar-refractivity contribution in [3.8, 4) is 11.5 Å². The van der Waals surface area contributed by atoms with Crippen LogP contribution >= 0.6 is 0 Å². The van der Waals surface area contributed by atoms with Crippen molar-refractivity contribution in [2.45, 2.75) is 136 Å². The van der Waals surface area contributed by atoms with E-state index >= 15 is 0 Å². The Labute approximate surface area is 261 Å². The molecule has 0 fully saturated rings. The molecular formula is C39H56O4. The summed E-state index contributed by atoms with van der Waals surface area (Å²) in [5.74, 6) is 1.50. The molecule has 0 radical (unpaired) electrons. The second-order valence-electron chi connectivity index (χ2n) is 12.1. The van der Waals surface area contributed by atoms with E-state index < -0.39 is 0 Å². The maximum Gasteiger partial charge on any atom is 0.338 e. The largest absolute Gasteiger partial charge is 0.494 e. The quantitative estimate of drug-likeness (QED) is 0.0816. The van der Waals surface area contributed by atoms with Gasteiger partial charge in [0.1, 0.15) is 18.1 Å². The zero-order chi connectivity index (χ0) is 30.5. The molecule has 0 spiro atoms. The SMILES string of the molecule is CCCCCCCCCCCCCOc1ccc2c(OCc3ccc(C(=O)O[C@H](C)CCCCCC)cc3)cccc2c1. The number of carbonyl (C=O) groups excluding carboxylic acids is 1. The molecule has 0 N–H and O–H groups in total. The molecule has 0 amide bonds. The molecule has 3 aromatic carbocycles. The van der Waals surface area contributed by atoms with Crippen LogP contribution in [0.3, 0.4) is 0 Å². The van der Waals surface area contributed by atoms with E-state index in [4.69, 9.17) is 14.2 Å². The molecule has 0 aliphatic heterocycles. The first kappa shape index (κ1) is 34.5. The lowest BCUT2D eigenvalue weighted by atomic mass is 10.1. The van der Waals surface area contributed by atoms with Gasteiger partial charge in [-0.15, -0.1) is 0 Å². The van der Waals surface area contributed by atoms with E-state index in [-0.39, 0.29) is 12.1 Å². The first-order valence-electron chi connectivity index (χ1n) is 17.2. The van der Waals surface area contributed by atoms with E-state index in [0.717, 1.165) is 53.7 Å². The summed E-state index contributed by atoms with van der Waals surface area (Å²) in [6, 6.07) is 19.9. The summed E-state index contributed by atoms with van der Waals surface area (Å²) in [5.41, 5.74) is 1.59. The number of benzene rings is 3. The van der Waals surface area contributed by atoms with Crippen LogP contribution < -0.4 is 9.47 Å². The van der Waals surface area contributed by atoms with Gasteiger partial charge in [-0.05, 0) is 73.5 Å². The number of rotatable bonds is 23. The van der Waals surface area contributed by atoms with Crippen molar-refractivity contribution in [1.29, 1.82) is 0 Å². The molecule has 4 nitrogen and oxygen atoms in total. The van der Waals surface area contributed by atoms with Gasteiger partial charge in [-0.1, -0.05) is 122 Å². The summed E-state index contributed by atoms with van der Waals surface area (Å²) in [4.78, 5) is 12.5. The second kappa shape index (κ2) is 20.8. The third-order valence-electron chi connectivity index (χ3n) is 8.18. The molecule has 43 heavy (non-hydrogen) atoms. The fraction of sp³-hybridized carbons (Fsp3) is 0.564. The van der Waals surface area contributed by atoms with Crippen molar-refractivity contribution in [1.82, 2.24) is 0 Å². The van der Waals surface area contributed by atoms with E-state index in [0.29, 0.717) is 12.2 Å². The molecule has 236 valence electrons. The van der Waals surface area contributed by atoms with Crippen LogP contribution in [0, 0.1) is 0 Å². The molecule has 4 heteroatoms. The Morgan fingerprint density at radius 1 is 0.674 bits per heavy atom. The normalized spacial score (nSPS) is 11.9. The van der Waals surface area contributed by atoms with Crippen LogP contribution in [0.1, 0.15) is 139 Å². The van der Waals surface area contributed by atoms with Gasteiger partial charge < -0.3 is 14.2 Å². The van der Waals surface area contributed by atoms with Crippen LogP contribution in [0.2, 0.25) is 0 Å². The summed E-state index contributed by atoms with van der Waals surface area (Å²) >= 11 is 0. The number of unbranched alkanes of at least 4 members (excludes halogenated alkanes) is 13. The highest BCUT2D eigenvalue weighted by Gasteiger charge is 2.12. The Morgan fingerprint density at radius 2 is 1.30 bits per heavy atom. The maximum absolute atomic E-state index is 12.5. The Balaban J connectivity index is 1.37. The van der Waals surface area contributed by atoms with E-state index in [1.807, 2.05) is 49.4 Å². The van der Waals surface area contributed by atoms with Crippen LogP contribution in [0.4, 0.5) is 0 Å². The van der Waals surface area contributed by atoms with Gasteiger partial charge in [0, 0.05) is 5.39 Å². The smallest absolute Gasteiger partial charge is 0.338 e. The van der Waals surface area contributed by atoms with Crippen molar-refractivity contribution in [2.75, 3.05) is 6.61 Å². The van der Waals surface area contributed by atoms with E-state index in [9.17, 15) is 4.79 Å². The number of fused-ring (bicyclic) bond motifs is 1. The molecule has 0 aliphatic rings. The van der Waals surface area contributed by atoms with E-state index in [1.165, 1.54) is 83.5 Å². The highest BCUT2D eigenvalue weighted by molar-refractivity contribution is 5.90. The molecule has 0 saturated carbocycles. The van der Waals surface area contributed by atoms with Crippen LogP contribution in [0.25, 0.3) is 10.8 Å². The number of carbonyl (C=O) groups is 1. The average Bonchev–Trinajstić information content (AvgIpc) is 3.02. The van der Waals surface area contributed by atoms with Gasteiger partial charge >= 0.3 is 5.97 Å². The molecule has 3 aromatic rings. The van der Waals surface area contributed by atoms with Gasteiger partial charge in [-0.25, -0.2) is 4.79 Å². The minimum atomic E-state index is -0.258. The number of hydrogen-bond donors (Lipinski definition) is 0. The molecule has 0 aromatic heterocycles. The first-order valence-corrected chi connectivity index (χ1v) is 17.2. The molecule has 0 unspecified atom stereocenters. The second-order valence-corrected chi connectivity index (χ2v) is 12.1. The van der Waals surface area contributed by atoms with Crippen molar-refractivity contribution >= 4 is 16.7 Å². The molecule has 0 aliphatic carbocycles. The fourth-order valence-electron chi connectivity index (χ4n) is 5.47. The zero-order valence-electron chi connectivity index (χ0n) is 27.2. The highest BCUT2D eigenvalue weighted by atomic mass is 16.5. The van der Waals surface area contributed by atoms with Crippen LogP contribution in [0.15, 0.2) is 60.7 Å². The van der Waals surface area contributed by atoms with Crippen LogP contribution in [-0.4, -0.2) is 18.7 Å². The predicted octanol–water partition coefficient (Wildman–Crippen LogP) is 11.6. The van der Waals surface area contributed by atoms with Gasteiger partial charge in [0.15, 0.2) is 0 Å². The lowest BCUT2D eigenvalue weighted by Gasteiger charge is -2.14. The molecule has 0 saturated heterocycles. The molecule has 0 bridgehead atoms. The van der Waals surface area contributed by atoms with Gasteiger partial charge in [0.25, 0.3) is 0 Å². The Hall–Kier alpha value is -3.01. The van der Waals surface area contributed by atoms with Crippen molar-refractivity contribution in [3.05, 3.63) is 71.8 Å². The number of esters is 1. The van der Waals surface area contributed by atoms with Crippen molar-refractivity contribution in [2.24, 2.45) is 0 Å². The molecule has 1 atom stereocenters. The Kier molecular flexibility index (Phi) is 16.7. The minimum Gasteiger partial charge on any atom is -0.494 e. The summed E-state index contributed by atoms with van der Waals surface area (Å²) in [6.07, 6.45) is 20.3. The van der Waals surface area contributed by atoms with Gasteiger partial charge in [-0.2, -0.15) is 0 Å². The Bertz CT molecular complexity index is 1170. The van der Waals surface area contributed by atoms with Gasteiger partial charge in [0.05, 0.1) is 18.3 Å². The van der Waals surface area contributed by atoms with E-state index in [2.05, 4.69) is 32.0 Å². The Morgan fingerprint density at radius 3 is 1.98 bits per heavy atom. The third-order valence-corrected chi connectivity index (χ3v) is 8.18. The fourth-order valence-corrected chi connectivity index (χ4v) is 5.47. The van der Waals surface area contributed by atoms with E-state index in [1.54, 1.807) is 0 Å². The van der Waals surface area contributed by atoms with Crippen molar-refractivity contribution in [3.63, 3.8) is 0 Å². The number of hydrogen-bond acceptors (Lipinski definition) is 4. The van der Waals surface area contributed by atoms with Crippen LogP contribution in [0.5, 0.6) is 11.5 Å². The molecule has 3 rings (SSSR count). The predicted molar refractivity (Wildman–Crippen MR) is 180 cm³/mol. The van der Waals surface area contributed by atoms with Crippen molar-refractivity contribution < 1.29 is 19.0 Å². The van der Waals surface area contributed by atoms with Gasteiger partial charge in [0.2, 0.25) is 0 Å². The summed E-state index contributed by atoms with van der Waals surface area (Å²) in [5, 5.41) is 2.17.